The Morgan fingerprint density at radius 1 is 1.29 bits per heavy atom. The number of aromatic nitrogens is 1. The monoisotopic (exact) mass is 325 g/mol. The van der Waals surface area contributed by atoms with Crippen molar-refractivity contribution in [2.45, 2.75) is 18.7 Å². The van der Waals surface area contributed by atoms with Crippen LogP contribution in [0.15, 0.2) is 41.4 Å². The second kappa shape index (κ2) is 6.32. The Kier molecular flexibility index (Phi) is 4.69. The van der Waals surface area contributed by atoms with Gasteiger partial charge in [0.25, 0.3) is 10.0 Å². The number of nitrogens with one attached hydrogen (secondary N) is 2. The number of nitrogens with zero attached hydrogens (tertiary/aromatic N) is 1. The van der Waals surface area contributed by atoms with Crippen LogP contribution in [0.5, 0.6) is 0 Å². The van der Waals surface area contributed by atoms with Gasteiger partial charge in [-0.05, 0) is 43.7 Å². The van der Waals surface area contributed by atoms with E-state index in [1.807, 2.05) is 13.8 Å². The fourth-order valence-corrected chi connectivity index (χ4v) is 3.36. The molecule has 0 unspecified atom stereocenters. The largest absolute Gasteiger partial charge is 0.369 e. The molecule has 0 fully saturated rings. The van der Waals surface area contributed by atoms with E-state index in [2.05, 4.69) is 15.0 Å². The summed E-state index contributed by atoms with van der Waals surface area (Å²) in [4.78, 5) is 4.14. The molecule has 112 valence electrons. The molecule has 0 atom stereocenters. The van der Waals surface area contributed by atoms with Crippen molar-refractivity contribution in [3.8, 4) is 0 Å². The lowest BCUT2D eigenvalue weighted by atomic mass is 10.2. The zero-order valence-corrected chi connectivity index (χ0v) is 13.3. The third-order valence-electron chi connectivity index (χ3n) is 2.77. The molecule has 21 heavy (non-hydrogen) atoms. The zero-order valence-electron chi connectivity index (χ0n) is 11.7. The van der Waals surface area contributed by atoms with Crippen molar-refractivity contribution in [3.63, 3.8) is 0 Å². The fourth-order valence-electron chi connectivity index (χ4n) is 1.81. The summed E-state index contributed by atoms with van der Waals surface area (Å²) in [5, 5.41) is 3.28. The third kappa shape index (κ3) is 3.65. The van der Waals surface area contributed by atoms with Crippen molar-refractivity contribution in [2.75, 3.05) is 16.6 Å². The van der Waals surface area contributed by atoms with Crippen molar-refractivity contribution in [1.29, 1.82) is 0 Å². The number of hydrogen-bond donors (Lipinski definition) is 2. The Morgan fingerprint density at radius 2 is 2.05 bits per heavy atom. The molecule has 0 aliphatic carbocycles. The topological polar surface area (TPSA) is 71.1 Å². The van der Waals surface area contributed by atoms with E-state index in [9.17, 15) is 8.42 Å². The molecule has 0 saturated carbocycles. The van der Waals surface area contributed by atoms with Gasteiger partial charge in [0.05, 0.1) is 10.7 Å². The molecule has 1 aromatic carbocycles. The second-order valence-corrected chi connectivity index (χ2v) is 6.53. The molecule has 0 aliphatic rings. The number of halogens is 1. The second-order valence-electron chi connectivity index (χ2n) is 4.47. The van der Waals surface area contributed by atoms with E-state index < -0.39 is 10.0 Å². The molecule has 0 amide bonds. The van der Waals surface area contributed by atoms with E-state index in [1.54, 1.807) is 24.3 Å². The van der Waals surface area contributed by atoms with Gasteiger partial charge in [-0.1, -0.05) is 17.7 Å². The maximum absolute atomic E-state index is 12.5. The number of benzene rings is 1. The Bertz CT molecular complexity index is 748. The van der Waals surface area contributed by atoms with Crippen LogP contribution < -0.4 is 10.0 Å². The first-order chi connectivity index (χ1) is 9.94. The van der Waals surface area contributed by atoms with Gasteiger partial charge in [0, 0.05) is 12.7 Å². The summed E-state index contributed by atoms with van der Waals surface area (Å²) in [6.45, 7) is 4.33. The Hall–Kier alpha value is -1.79. The lowest BCUT2D eigenvalue weighted by molar-refractivity contribution is 0.601. The van der Waals surface area contributed by atoms with Gasteiger partial charge >= 0.3 is 0 Å². The summed E-state index contributed by atoms with van der Waals surface area (Å²) in [6, 6.07) is 8.20. The minimum Gasteiger partial charge on any atom is -0.369 e. The van der Waals surface area contributed by atoms with E-state index in [1.165, 1.54) is 12.3 Å². The summed E-state index contributed by atoms with van der Waals surface area (Å²) in [5.41, 5.74) is 1.30. The van der Waals surface area contributed by atoms with Crippen LogP contribution in [0.2, 0.25) is 5.02 Å². The zero-order chi connectivity index (χ0) is 15.5. The molecule has 2 N–H and O–H groups in total. The maximum atomic E-state index is 12.5. The molecule has 1 aromatic heterocycles. The van der Waals surface area contributed by atoms with E-state index in [0.717, 1.165) is 5.56 Å². The van der Waals surface area contributed by atoms with Gasteiger partial charge in [-0.25, -0.2) is 13.4 Å². The minimum atomic E-state index is -3.76. The van der Waals surface area contributed by atoms with E-state index >= 15 is 0 Å². The van der Waals surface area contributed by atoms with Crippen molar-refractivity contribution in [3.05, 3.63) is 47.1 Å². The normalized spacial score (nSPS) is 11.2. The van der Waals surface area contributed by atoms with E-state index in [4.69, 9.17) is 11.6 Å². The summed E-state index contributed by atoms with van der Waals surface area (Å²) in [6.07, 6.45) is 1.54. The predicted octanol–water partition coefficient (Wildman–Crippen LogP) is 3.28. The van der Waals surface area contributed by atoms with E-state index in [-0.39, 0.29) is 4.90 Å². The molecule has 0 bridgehead atoms. The average molecular weight is 326 g/mol. The Balaban J connectivity index is 2.39. The van der Waals surface area contributed by atoms with Crippen LogP contribution in [-0.4, -0.2) is 19.9 Å². The number of sulfonamides is 1. The molecule has 5 nitrogen and oxygen atoms in total. The third-order valence-corrected chi connectivity index (χ3v) is 4.48. The first-order valence-corrected chi connectivity index (χ1v) is 8.28. The quantitative estimate of drug-likeness (QED) is 0.885. The summed E-state index contributed by atoms with van der Waals surface area (Å²) in [5.74, 6) is 0.315. The standard InChI is InChI=1S/C14H16ClN3O2S/c1-3-16-14-13(5-4-8-17-14)21(19,20)18-12-7-6-10(2)9-11(12)15/h4-9,18H,3H2,1-2H3,(H,16,17). The molecule has 0 aliphatic heterocycles. The van der Waals surface area contributed by atoms with Crippen molar-refractivity contribution < 1.29 is 8.42 Å². The van der Waals surface area contributed by atoms with Gasteiger partial charge < -0.3 is 5.32 Å². The maximum Gasteiger partial charge on any atom is 0.265 e. The molecule has 2 rings (SSSR count). The van der Waals surface area contributed by atoms with E-state index in [0.29, 0.717) is 23.1 Å². The molecule has 0 radical (unpaired) electrons. The van der Waals surface area contributed by atoms with Gasteiger partial charge in [0.2, 0.25) is 0 Å². The summed E-state index contributed by atoms with van der Waals surface area (Å²) in [7, 11) is -3.76. The number of hydrogen-bond acceptors (Lipinski definition) is 4. The highest BCUT2D eigenvalue weighted by atomic mass is 35.5. The fraction of sp³-hybridized carbons (Fsp3) is 0.214. The molecule has 0 spiro atoms. The van der Waals surface area contributed by atoms with Crippen LogP contribution in [0.25, 0.3) is 0 Å². The average Bonchev–Trinajstić information content (AvgIpc) is 2.43. The van der Waals surface area contributed by atoms with Gasteiger partial charge in [0.15, 0.2) is 0 Å². The van der Waals surface area contributed by atoms with Crippen LogP contribution in [0.3, 0.4) is 0 Å². The van der Waals surface area contributed by atoms with Gasteiger partial charge in [-0.2, -0.15) is 0 Å². The molecule has 7 heteroatoms. The predicted molar refractivity (Wildman–Crippen MR) is 85.4 cm³/mol. The summed E-state index contributed by atoms with van der Waals surface area (Å²) >= 11 is 6.07. The van der Waals surface area contributed by atoms with Gasteiger partial charge in [-0.3, -0.25) is 4.72 Å². The molecular formula is C14H16ClN3O2S. The highest BCUT2D eigenvalue weighted by Crippen LogP contribution is 2.27. The van der Waals surface area contributed by atoms with Gasteiger partial charge in [0.1, 0.15) is 10.7 Å². The van der Waals surface area contributed by atoms with Gasteiger partial charge in [-0.15, -0.1) is 0 Å². The SMILES string of the molecule is CCNc1ncccc1S(=O)(=O)Nc1ccc(C)cc1Cl. The lowest BCUT2D eigenvalue weighted by Gasteiger charge is -2.13. The molecule has 1 heterocycles. The Labute approximate surface area is 129 Å². The highest BCUT2D eigenvalue weighted by molar-refractivity contribution is 7.92. The van der Waals surface area contributed by atoms with Crippen LogP contribution in [0, 0.1) is 6.92 Å². The number of rotatable bonds is 5. The minimum absolute atomic E-state index is 0.0866. The van der Waals surface area contributed by atoms with Crippen LogP contribution in [0.1, 0.15) is 12.5 Å². The van der Waals surface area contributed by atoms with Crippen LogP contribution in [0.4, 0.5) is 11.5 Å². The van der Waals surface area contributed by atoms with Crippen molar-refractivity contribution in [1.82, 2.24) is 4.98 Å². The molecule has 2 aromatic rings. The number of aryl methyl sites for hydroxylation is 1. The van der Waals surface area contributed by atoms with Crippen LogP contribution in [-0.2, 0) is 10.0 Å². The smallest absolute Gasteiger partial charge is 0.265 e. The van der Waals surface area contributed by atoms with Crippen molar-refractivity contribution in [2.24, 2.45) is 0 Å². The molecular weight excluding hydrogens is 310 g/mol. The lowest BCUT2D eigenvalue weighted by Crippen LogP contribution is -2.16. The number of anilines is 2. The first-order valence-electron chi connectivity index (χ1n) is 6.42. The molecule has 0 saturated heterocycles. The number of pyridine rings is 1. The summed E-state index contributed by atoms with van der Waals surface area (Å²) < 4.78 is 27.5. The van der Waals surface area contributed by atoms with Crippen molar-refractivity contribution >= 4 is 33.1 Å². The van der Waals surface area contributed by atoms with Crippen LogP contribution >= 0.6 is 11.6 Å². The highest BCUT2D eigenvalue weighted by Gasteiger charge is 2.20. The first kappa shape index (κ1) is 15.6. The Morgan fingerprint density at radius 3 is 2.71 bits per heavy atom.